The molecule has 0 aliphatic carbocycles. The lowest BCUT2D eigenvalue weighted by molar-refractivity contribution is -0.139. The van der Waals surface area contributed by atoms with Crippen LogP contribution in [0, 0.1) is 13.8 Å². The van der Waals surface area contributed by atoms with Crippen molar-refractivity contribution >= 4 is 24.1 Å². The number of unbranched alkanes of at least 4 members (excludes halogenated alkanes) is 3. The summed E-state index contributed by atoms with van der Waals surface area (Å²) in [6, 6.07) is 15.9. The average molecular weight is 407 g/mol. The van der Waals surface area contributed by atoms with Crippen LogP contribution >= 0.6 is 0 Å². The molecule has 0 saturated heterocycles. The first-order chi connectivity index (χ1) is 14.5. The molecule has 0 radical (unpaired) electrons. The molecule has 2 aromatic carbocycles. The van der Waals surface area contributed by atoms with Gasteiger partial charge < -0.3 is 9.47 Å². The van der Waals surface area contributed by atoms with Gasteiger partial charge in [-0.05, 0) is 62.8 Å². The maximum absolute atomic E-state index is 11.7. The number of carbonyl (C=O) groups excluding carboxylic acids is 2. The molecule has 0 amide bonds. The smallest absolute Gasteiger partial charge is 0.330 e. The summed E-state index contributed by atoms with van der Waals surface area (Å²) in [6.07, 6.45) is 9.85. The van der Waals surface area contributed by atoms with E-state index in [9.17, 15) is 9.59 Å². The summed E-state index contributed by atoms with van der Waals surface area (Å²) in [5.74, 6) is -0.658. The molecule has 4 heteroatoms. The van der Waals surface area contributed by atoms with Crippen LogP contribution in [0.15, 0.2) is 60.7 Å². The van der Waals surface area contributed by atoms with Crippen LogP contribution in [0.3, 0.4) is 0 Å². The van der Waals surface area contributed by atoms with E-state index in [-0.39, 0.29) is 11.9 Å². The Kier molecular flexibility index (Phi) is 10.1. The highest BCUT2D eigenvalue weighted by molar-refractivity contribution is 5.87. The van der Waals surface area contributed by atoms with E-state index >= 15 is 0 Å². The van der Waals surface area contributed by atoms with Crippen molar-refractivity contribution in [1.29, 1.82) is 0 Å². The SMILES string of the molecule is Cc1ccc(/C=C/C(=O)OCCCCCCOC(=O)/C=C/c2ccc(C)cc2)cc1. The van der Waals surface area contributed by atoms with Crippen molar-refractivity contribution in [3.63, 3.8) is 0 Å². The summed E-state index contributed by atoms with van der Waals surface area (Å²) in [7, 11) is 0. The zero-order valence-electron chi connectivity index (χ0n) is 17.8. The Morgan fingerprint density at radius 2 is 1.00 bits per heavy atom. The monoisotopic (exact) mass is 406 g/mol. The molecular weight excluding hydrogens is 376 g/mol. The van der Waals surface area contributed by atoms with E-state index < -0.39 is 0 Å². The van der Waals surface area contributed by atoms with Gasteiger partial charge in [0.15, 0.2) is 0 Å². The molecule has 0 heterocycles. The molecule has 30 heavy (non-hydrogen) atoms. The molecule has 158 valence electrons. The Morgan fingerprint density at radius 3 is 1.37 bits per heavy atom. The molecule has 0 aliphatic rings. The number of hydrogen-bond donors (Lipinski definition) is 0. The van der Waals surface area contributed by atoms with Crippen molar-refractivity contribution in [1.82, 2.24) is 0 Å². The fourth-order valence-electron chi connectivity index (χ4n) is 2.68. The van der Waals surface area contributed by atoms with E-state index in [1.54, 1.807) is 12.2 Å². The number of benzene rings is 2. The minimum Gasteiger partial charge on any atom is -0.463 e. The zero-order valence-corrected chi connectivity index (χ0v) is 17.8. The summed E-state index contributed by atoms with van der Waals surface area (Å²) in [4.78, 5) is 23.4. The Labute approximate surface area is 179 Å². The van der Waals surface area contributed by atoms with E-state index in [2.05, 4.69) is 0 Å². The van der Waals surface area contributed by atoms with E-state index in [1.807, 2.05) is 62.4 Å². The van der Waals surface area contributed by atoms with Crippen LogP contribution in [0.5, 0.6) is 0 Å². The van der Waals surface area contributed by atoms with E-state index in [0.717, 1.165) is 36.8 Å². The van der Waals surface area contributed by atoms with Crippen LogP contribution in [-0.2, 0) is 19.1 Å². The molecule has 0 unspecified atom stereocenters. The topological polar surface area (TPSA) is 52.6 Å². The Balaban J connectivity index is 1.48. The van der Waals surface area contributed by atoms with Crippen molar-refractivity contribution in [3.8, 4) is 0 Å². The van der Waals surface area contributed by atoms with Gasteiger partial charge in [0.2, 0.25) is 0 Å². The molecule has 0 saturated carbocycles. The van der Waals surface area contributed by atoms with Crippen LogP contribution in [0.25, 0.3) is 12.2 Å². The average Bonchev–Trinajstić information content (AvgIpc) is 2.74. The minimum atomic E-state index is -0.329. The lowest BCUT2D eigenvalue weighted by atomic mass is 10.1. The van der Waals surface area contributed by atoms with Crippen molar-refractivity contribution in [2.75, 3.05) is 13.2 Å². The van der Waals surface area contributed by atoms with Crippen molar-refractivity contribution < 1.29 is 19.1 Å². The highest BCUT2D eigenvalue weighted by atomic mass is 16.5. The second kappa shape index (κ2) is 13.2. The molecule has 0 fully saturated rings. The molecule has 2 rings (SSSR count). The third kappa shape index (κ3) is 9.87. The zero-order chi connectivity index (χ0) is 21.6. The van der Waals surface area contributed by atoms with E-state index in [4.69, 9.17) is 9.47 Å². The molecule has 0 spiro atoms. The Hall–Kier alpha value is -3.14. The standard InChI is InChI=1S/C26H30O4/c1-21-7-11-23(12-8-21)15-17-25(27)29-19-5-3-4-6-20-30-26(28)18-16-24-13-9-22(2)10-14-24/h7-18H,3-6,19-20H2,1-2H3/b17-15+,18-16+. The first kappa shape index (κ1) is 23.1. The lowest BCUT2D eigenvalue weighted by Gasteiger charge is -2.04. The van der Waals surface area contributed by atoms with Crippen LogP contribution in [0.2, 0.25) is 0 Å². The lowest BCUT2D eigenvalue weighted by Crippen LogP contribution is -2.03. The highest BCUT2D eigenvalue weighted by Gasteiger charge is 1.99. The number of esters is 2. The number of rotatable bonds is 11. The Morgan fingerprint density at radius 1 is 0.633 bits per heavy atom. The van der Waals surface area contributed by atoms with Crippen molar-refractivity contribution in [2.45, 2.75) is 39.5 Å². The molecule has 0 aromatic heterocycles. The van der Waals surface area contributed by atoms with Gasteiger partial charge in [-0.15, -0.1) is 0 Å². The maximum Gasteiger partial charge on any atom is 0.330 e. The number of hydrogen-bond acceptors (Lipinski definition) is 4. The molecule has 4 nitrogen and oxygen atoms in total. The second-order valence-corrected chi connectivity index (χ2v) is 7.24. The third-order valence-electron chi connectivity index (χ3n) is 4.51. The molecule has 0 bridgehead atoms. The van der Waals surface area contributed by atoms with E-state index in [0.29, 0.717) is 13.2 Å². The summed E-state index contributed by atoms with van der Waals surface area (Å²) in [6.45, 7) is 4.84. The first-order valence-electron chi connectivity index (χ1n) is 10.4. The number of ether oxygens (including phenoxy) is 2. The van der Waals surface area contributed by atoms with Crippen LogP contribution < -0.4 is 0 Å². The Bertz CT molecular complexity index is 772. The van der Waals surface area contributed by atoms with Gasteiger partial charge >= 0.3 is 11.9 Å². The van der Waals surface area contributed by atoms with Gasteiger partial charge in [0.1, 0.15) is 0 Å². The number of carbonyl (C=O) groups is 2. The van der Waals surface area contributed by atoms with Crippen LogP contribution in [0.1, 0.15) is 47.9 Å². The van der Waals surface area contributed by atoms with Crippen molar-refractivity contribution in [3.05, 3.63) is 82.9 Å². The third-order valence-corrected chi connectivity index (χ3v) is 4.51. The predicted molar refractivity (Wildman–Crippen MR) is 121 cm³/mol. The molecule has 0 atom stereocenters. The largest absolute Gasteiger partial charge is 0.463 e. The van der Waals surface area contributed by atoms with Crippen LogP contribution in [0.4, 0.5) is 0 Å². The fraction of sp³-hybridized carbons (Fsp3) is 0.308. The summed E-state index contributed by atoms with van der Waals surface area (Å²) < 4.78 is 10.4. The summed E-state index contributed by atoms with van der Waals surface area (Å²) in [5.41, 5.74) is 4.31. The van der Waals surface area contributed by atoms with Gasteiger partial charge in [-0.3, -0.25) is 0 Å². The molecule has 0 N–H and O–H groups in total. The minimum absolute atomic E-state index is 0.329. The fourth-order valence-corrected chi connectivity index (χ4v) is 2.68. The number of aryl methyl sites for hydroxylation is 2. The highest BCUT2D eigenvalue weighted by Crippen LogP contribution is 2.07. The van der Waals surface area contributed by atoms with Gasteiger partial charge in [0, 0.05) is 12.2 Å². The summed E-state index contributed by atoms with van der Waals surface area (Å²) >= 11 is 0. The van der Waals surface area contributed by atoms with Gasteiger partial charge in [0.25, 0.3) is 0 Å². The first-order valence-corrected chi connectivity index (χ1v) is 10.4. The van der Waals surface area contributed by atoms with Gasteiger partial charge in [-0.1, -0.05) is 59.7 Å². The van der Waals surface area contributed by atoms with E-state index in [1.165, 1.54) is 23.3 Å². The van der Waals surface area contributed by atoms with Gasteiger partial charge in [0.05, 0.1) is 13.2 Å². The van der Waals surface area contributed by atoms with Crippen molar-refractivity contribution in [2.24, 2.45) is 0 Å². The molecular formula is C26H30O4. The normalized spacial score (nSPS) is 11.1. The van der Waals surface area contributed by atoms with Crippen LogP contribution in [-0.4, -0.2) is 25.2 Å². The van der Waals surface area contributed by atoms with Gasteiger partial charge in [-0.2, -0.15) is 0 Å². The quantitative estimate of drug-likeness (QED) is 0.274. The predicted octanol–water partition coefficient (Wildman–Crippen LogP) is 5.68. The molecule has 0 aliphatic heterocycles. The van der Waals surface area contributed by atoms with Gasteiger partial charge in [-0.25, -0.2) is 9.59 Å². The maximum atomic E-state index is 11.7. The second-order valence-electron chi connectivity index (χ2n) is 7.24. The summed E-state index contributed by atoms with van der Waals surface area (Å²) in [5, 5.41) is 0. The molecule has 2 aromatic rings.